The summed E-state index contributed by atoms with van der Waals surface area (Å²) in [5, 5.41) is 7.14. The van der Waals surface area contributed by atoms with Crippen LogP contribution in [0.1, 0.15) is 29.6 Å². The second-order valence-electron chi connectivity index (χ2n) is 6.91. The summed E-state index contributed by atoms with van der Waals surface area (Å²) in [6, 6.07) is 1.86. The summed E-state index contributed by atoms with van der Waals surface area (Å²) in [4.78, 5) is 29.6. The highest BCUT2D eigenvalue weighted by Crippen LogP contribution is 2.32. The zero-order valence-electron chi connectivity index (χ0n) is 14.8. The molecule has 2 amide bonds. The zero-order chi connectivity index (χ0) is 17.7. The molecule has 0 radical (unpaired) electrons. The molecule has 3 rings (SSSR count). The number of carbonyl (C=O) groups is 2. The molecule has 3 heterocycles. The molecule has 0 saturated carbocycles. The molecule has 7 heteroatoms. The molecule has 2 fully saturated rings. The molecule has 0 unspecified atom stereocenters. The summed E-state index contributed by atoms with van der Waals surface area (Å²) in [6.45, 7) is 4.80. The van der Waals surface area contributed by atoms with Crippen molar-refractivity contribution in [3.05, 3.63) is 22.4 Å². The molecule has 138 valence electrons. The van der Waals surface area contributed by atoms with Crippen LogP contribution >= 0.6 is 11.3 Å². The Balaban J connectivity index is 1.65. The van der Waals surface area contributed by atoms with Crippen LogP contribution in [0.4, 0.5) is 0 Å². The standard InChI is InChI=1S/C18H27N3O3S/c1-24-14-18(4-6-19-7-5-18)17(23)21-9-2-8-20(10-11-21)16(22)15-3-12-25-13-15/h3,12-13,19H,2,4-11,14H2,1H3. The average molecular weight is 365 g/mol. The van der Waals surface area contributed by atoms with Crippen molar-refractivity contribution in [2.75, 3.05) is 53.0 Å². The van der Waals surface area contributed by atoms with Crippen molar-refractivity contribution in [2.24, 2.45) is 5.41 Å². The van der Waals surface area contributed by atoms with Gasteiger partial charge in [0.2, 0.25) is 5.91 Å². The molecule has 2 aliphatic rings. The number of methoxy groups -OCH3 is 1. The number of carbonyl (C=O) groups excluding carboxylic acids is 2. The molecule has 2 saturated heterocycles. The van der Waals surface area contributed by atoms with E-state index < -0.39 is 5.41 Å². The van der Waals surface area contributed by atoms with E-state index in [0.717, 1.165) is 37.9 Å². The van der Waals surface area contributed by atoms with Gasteiger partial charge in [0.1, 0.15) is 0 Å². The van der Waals surface area contributed by atoms with E-state index in [1.165, 1.54) is 11.3 Å². The van der Waals surface area contributed by atoms with Crippen molar-refractivity contribution in [2.45, 2.75) is 19.3 Å². The maximum Gasteiger partial charge on any atom is 0.254 e. The number of thiophene rings is 1. The SMILES string of the molecule is COCC1(C(=O)N2CCCN(C(=O)c3ccsc3)CC2)CCNCC1. The summed E-state index contributed by atoms with van der Waals surface area (Å²) in [6.07, 6.45) is 2.45. The molecule has 0 aromatic carbocycles. The highest BCUT2D eigenvalue weighted by Gasteiger charge is 2.42. The van der Waals surface area contributed by atoms with Gasteiger partial charge < -0.3 is 19.9 Å². The van der Waals surface area contributed by atoms with Crippen molar-refractivity contribution < 1.29 is 14.3 Å². The van der Waals surface area contributed by atoms with Gasteiger partial charge in [-0.2, -0.15) is 11.3 Å². The van der Waals surface area contributed by atoms with Gasteiger partial charge in [-0.15, -0.1) is 0 Å². The fraction of sp³-hybridized carbons (Fsp3) is 0.667. The van der Waals surface area contributed by atoms with E-state index in [0.29, 0.717) is 32.8 Å². The number of ether oxygens (including phenoxy) is 1. The minimum atomic E-state index is -0.410. The maximum atomic E-state index is 13.2. The first kappa shape index (κ1) is 18.4. The van der Waals surface area contributed by atoms with E-state index in [1.54, 1.807) is 7.11 Å². The average Bonchev–Trinajstić information content (AvgIpc) is 3.06. The predicted octanol–water partition coefficient (Wildman–Crippen LogP) is 1.44. The lowest BCUT2D eigenvalue weighted by molar-refractivity contribution is -0.147. The lowest BCUT2D eigenvalue weighted by Crippen LogP contribution is -2.52. The normalized spacial score (nSPS) is 21.0. The van der Waals surface area contributed by atoms with E-state index in [4.69, 9.17) is 4.74 Å². The first-order valence-corrected chi connectivity index (χ1v) is 9.91. The summed E-state index contributed by atoms with van der Waals surface area (Å²) >= 11 is 1.53. The van der Waals surface area contributed by atoms with Gasteiger partial charge >= 0.3 is 0 Å². The Kier molecular flexibility index (Phi) is 6.09. The topological polar surface area (TPSA) is 61.9 Å². The first-order valence-electron chi connectivity index (χ1n) is 8.97. The lowest BCUT2D eigenvalue weighted by atomic mass is 9.78. The second-order valence-corrected chi connectivity index (χ2v) is 7.69. The third-order valence-corrected chi connectivity index (χ3v) is 5.96. The smallest absolute Gasteiger partial charge is 0.254 e. The Morgan fingerprint density at radius 3 is 2.60 bits per heavy atom. The van der Waals surface area contributed by atoms with Crippen molar-refractivity contribution in [3.8, 4) is 0 Å². The van der Waals surface area contributed by atoms with Crippen LogP contribution in [0.2, 0.25) is 0 Å². The van der Waals surface area contributed by atoms with Gasteiger partial charge in [0.05, 0.1) is 17.6 Å². The molecular formula is C18H27N3O3S. The number of rotatable bonds is 4. The summed E-state index contributed by atoms with van der Waals surface area (Å²) in [5.74, 6) is 0.268. The lowest BCUT2D eigenvalue weighted by Gasteiger charge is -2.39. The molecule has 0 bridgehead atoms. The third-order valence-electron chi connectivity index (χ3n) is 5.27. The number of piperidine rings is 1. The Hall–Kier alpha value is -1.44. The molecule has 1 aromatic heterocycles. The largest absolute Gasteiger partial charge is 0.384 e. The number of amides is 2. The number of nitrogens with zero attached hydrogens (tertiary/aromatic N) is 2. The van der Waals surface area contributed by atoms with Gasteiger partial charge in [-0.05, 0) is 43.8 Å². The molecule has 2 aliphatic heterocycles. The second kappa shape index (κ2) is 8.29. The van der Waals surface area contributed by atoms with E-state index in [9.17, 15) is 9.59 Å². The quantitative estimate of drug-likeness (QED) is 0.877. The molecule has 0 atom stereocenters. The Bertz CT molecular complexity index is 579. The number of hydrogen-bond acceptors (Lipinski definition) is 5. The van der Waals surface area contributed by atoms with E-state index in [2.05, 4.69) is 5.32 Å². The van der Waals surface area contributed by atoms with Crippen molar-refractivity contribution >= 4 is 23.2 Å². The summed E-state index contributed by atoms with van der Waals surface area (Å²) in [5.41, 5.74) is 0.339. The number of hydrogen-bond donors (Lipinski definition) is 1. The van der Waals surface area contributed by atoms with Gasteiger partial charge in [0.15, 0.2) is 0 Å². The predicted molar refractivity (Wildman–Crippen MR) is 97.8 cm³/mol. The van der Waals surface area contributed by atoms with Crippen LogP contribution in [0, 0.1) is 5.41 Å². The van der Waals surface area contributed by atoms with Gasteiger partial charge in [-0.25, -0.2) is 0 Å². The van der Waals surface area contributed by atoms with Gasteiger partial charge in [0.25, 0.3) is 5.91 Å². The molecule has 1 N–H and O–H groups in total. The van der Waals surface area contributed by atoms with E-state index in [1.807, 2.05) is 26.6 Å². The fourth-order valence-corrected chi connectivity index (χ4v) is 4.46. The molecule has 25 heavy (non-hydrogen) atoms. The minimum Gasteiger partial charge on any atom is -0.384 e. The molecule has 1 aromatic rings. The highest BCUT2D eigenvalue weighted by atomic mass is 32.1. The van der Waals surface area contributed by atoms with E-state index in [-0.39, 0.29) is 11.8 Å². The highest BCUT2D eigenvalue weighted by molar-refractivity contribution is 7.08. The van der Waals surface area contributed by atoms with Crippen molar-refractivity contribution in [3.63, 3.8) is 0 Å². The third kappa shape index (κ3) is 4.04. The molecule has 0 aliphatic carbocycles. The van der Waals surface area contributed by atoms with Gasteiger partial charge in [-0.1, -0.05) is 0 Å². The van der Waals surface area contributed by atoms with Crippen LogP contribution in [-0.2, 0) is 9.53 Å². The monoisotopic (exact) mass is 365 g/mol. The van der Waals surface area contributed by atoms with Crippen LogP contribution in [-0.4, -0.2) is 74.6 Å². The van der Waals surface area contributed by atoms with E-state index >= 15 is 0 Å². The van der Waals surface area contributed by atoms with Gasteiger partial charge in [0, 0.05) is 38.7 Å². The van der Waals surface area contributed by atoms with Crippen LogP contribution in [0.5, 0.6) is 0 Å². The van der Waals surface area contributed by atoms with Crippen LogP contribution in [0.3, 0.4) is 0 Å². The Morgan fingerprint density at radius 1 is 1.20 bits per heavy atom. The van der Waals surface area contributed by atoms with Crippen molar-refractivity contribution in [1.82, 2.24) is 15.1 Å². The van der Waals surface area contributed by atoms with Crippen LogP contribution in [0.15, 0.2) is 16.8 Å². The first-order chi connectivity index (χ1) is 12.2. The molecular weight excluding hydrogens is 338 g/mol. The molecule has 6 nitrogen and oxygen atoms in total. The zero-order valence-corrected chi connectivity index (χ0v) is 15.6. The van der Waals surface area contributed by atoms with Crippen molar-refractivity contribution in [1.29, 1.82) is 0 Å². The maximum absolute atomic E-state index is 13.2. The van der Waals surface area contributed by atoms with Gasteiger partial charge in [-0.3, -0.25) is 9.59 Å². The van der Waals surface area contributed by atoms with Crippen LogP contribution in [0.25, 0.3) is 0 Å². The Labute approximate surface area is 153 Å². The summed E-state index contributed by atoms with van der Waals surface area (Å²) in [7, 11) is 1.67. The van der Waals surface area contributed by atoms with Crippen LogP contribution < -0.4 is 5.32 Å². The fourth-order valence-electron chi connectivity index (χ4n) is 3.83. The minimum absolute atomic E-state index is 0.0732. The number of nitrogens with one attached hydrogen (secondary N) is 1. The Morgan fingerprint density at radius 2 is 1.92 bits per heavy atom. The summed E-state index contributed by atoms with van der Waals surface area (Å²) < 4.78 is 5.40. The molecule has 0 spiro atoms.